The number of likely N-dealkylation sites (tertiary alicyclic amines) is 1. The lowest BCUT2D eigenvalue weighted by Gasteiger charge is -2.37. The summed E-state index contributed by atoms with van der Waals surface area (Å²) in [5.41, 5.74) is 0.980. The zero-order valence-corrected chi connectivity index (χ0v) is 20.3. The molecule has 2 aromatic carbocycles. The van der Waals surface area contributed by atoms with Crippen LogP contribution in [0.25, 0.3) is 10.9 Å². The molecule has 0 atom stereocenters. The van der Waals surface area contributed by atoms with Gasteiger partial charge in [-0.1, -0.05) is 17.7 Å². The molecule has 2 heterocycles. The van der Waals surface area contributed by atoms with Gasteiger partial charge in [0.1, 0.15) is 30.3 Å². The van der Waals surface area contributed by atoms with Crippen LogP contribution in [0.3, 0.4) is 0 Å². The summed E-state index contributed by atoms with van der Waals surface area (Å²) in [5, 5.41) is 5.97. The van der Waals surface area contributed by atoms with Crippen LogP contribution in [0.2, 0.25) is 5.02 Å². The number of nitrogens with one attached hydrogen (secondary N) is 2. The van der Waals surface area contributed by atoms with Gasteiger partial charge in [-0.2, -0.15) is 8.78 Å². The predicted octanol–water partition coefficient (Wildman–Crippen LogP) is 5.23. The normalized spacial score (nSPS) is 15.1. The first-order chi connectivity index (χ1) is 18.1. The Hall–Kier alpha value is -3.55. The van der Waals surface area contributed by atoms with Crippen LogP contribution < -0.4 is 15.4 Å². The second-order valence-corrected chi connectivity index (χ2v) is 8.65. The van der Waals surface area contributed by atoms with Gasteiger partial charge in [-0.05, 0) is 24.3 Å². The van der Waals surface area contributed by atoms with Crippen molar-refractivity contribution in [3.63, 3.8) is 0 Å². The lowest BCUT2D eigenvalue weighted by atomic mass is 10.1. The van der Waals surface area contributed by atoms with Crippen molar-refractivity contribution >= 4 is 45.6 Å². The van der Waals surface area contributed by atoms with Crippen LogP contribution in [0, 0.1) is 5.82 Å². The quantitative estimate of drug-likeness (QED) is 0.190. The highest BCUT2D eigenvalue weighted by Gasteiger charge is 2.42. The number of amides is 1. The van der Waals surface area contributed by atoms with Gasteiger partial charge in [-0.3, -0.25) is 9.69 Å². The molecular weight excluding hydrogens is 537 g/mol. The molecule has 4 rings (SSSR count). The fraction of sp³-hybridized carbons (Fsp3) is 0.292. The number of benzene rings is 2. The molecule has 0 aliphatic carbocycles. The number of halogens is 6. The summed E-state index contributed by atoms with van der Waals surface area (Å²) < 4.78 is 73.8. The Morgan fingerprint density at radius 1 is 1.18 bits per heavy atom. The molecule has 1 aromatic heterocycles. The summed E-state index contributed by atoms with van der Waals surface area (Å²) in [5.74, 6) is -3.47. The topological polar surface area (TPSA) is 88.6 Å². The monoisotopic (exact) mass is 557 g/mol. The van der Waals surface area contributed by atoms with Crippen LogP contribution in [-0.2, 0) is 9.53 Å². The maximum absolute atomic E-state index is 13.5. The number of carbonyl (C=O) groups excluding carboxylic acids is 1. The van der Waals surface area contributed by atoms with E-state index in [1.165, 1.54) is 53.7 Å². The summed E-state index contributed by atoms with van der Waals surface area (Å²) in [6.45, 7) is -4.22. The number of carbonyl (C=O) groups is 1. The van der Waals surface area contributed by atoms with Crippen LogP contribution in [0.4, 0.5) is 39.1 Å². The molecule has 3 aromatic rings. The van der Waals surface area contributed by atoms with E-state index >= 15 is 0 Å². The van der Waals surface area contributed by atoms with Crippen LogP contribution in [-0.4, -0.2) is 66.2 Å². The fourth-order valence-corrected chi connectivity index (χ4v) is 3.80. The molecule has 38 heavy (non-hydrogen) atoms. The Kier molecular flexibility index (Phi) is 8.59. The van der Waals surface area contributed by atoms with Gasteiger partial charge in [0, 0.05) is 29.8 Å². The van der Waals surface area contributed by atoms with E-state index in [1.807, 2.05) is 0 Å². The molecule has 0 spiro atoms. The van der Waals surface area contributed by atoms with E-state index in [9.17, 15) is 26.7 Å². The third-order valence-corrected chi connectivity index (χ3v) is 5.59. The lowest BCUT2D eigenvalue weighted by Crippen LogP contribution is -2.55. The molecule has 0 unspecified atom stereocenters. The van der Waals surface area contributed by atoms with Crippen LogP contribution >= 0.6 is 11.6 Å². The largest absolute Gasteiger partial charge is 0.489 e. The van der Waals surface area contributed by atoms with E-state index in [0.29, 0.717) is 22.4 Å². The third-order valence-electron chi connectivity index (χ3n) is 5.30. The molecule has 0 bridgehead atoms. The number of anilines is 3. The molecule has 0 radical (unpaired) electrons. The number of ether oxygens (including phenoxy) is 2. The van der Waals surface area contributed by atoms with Crippen molar-refractivity contribution in [2.75, 3.05) is 43.5 Å². The standard InChI is InChI=1S/C24H21ClF5N5O3/c25-16-8-14(3-4-17(16)26)33-22-15-9-19(34-21(36)2-1-5-35-11-24(29,30)12-35)20(10-18(15)31-13-32-22)37-6-7-38-23(27)28/h1-4,8-10,13,23H,5-7,11-12H2,(H,34,36)(H,31,32,33)/b2-1+. The Morgan fingerprint density at radius 3 is 2.68 bits per heavy atom. The maximum Gasteiger partial charge on any atom is 0.345 e. The first kappa shape index (κ1) is 27.5. The van der Waals surface area contributed by atoms with Crippen molar-refractivity contribution in [2.24, 2.45) is 0 Å². The van der Waals surface area contributed by atoms with Gasteiger partial charge < -0.3 is 20.1 Å². The molecule has 8 nitrogen and oxygen atoms in total. The number of aromatic nitrogens is 2. The molecule has 0 saturated carbocycles. The average molecular weight is 558 g/mol. The summed E-state index contributed by atoms with van der Waals surface area (Å²) in [7, 11) is 0. The fourth-order valence-electron chi connectivity index (χ4n) is 3.62. The van der Waals surface area contributed by atoms with E-state index in [0.717, 1.165) is 0 Å². The van der Waals surface area contributed by atoms with E-state index in [4.69, 9.17) is 16.3 Å². The SMILES string of the molecule is O=C(/C=C/CN1CC(F)(F)C1)Nc1cc2c(Nc3ccc(F)c(Cl)c3)ncnc2cc1OCCOC(F)F. The molecule has 202 valence electrons. The molecular formula is C24H21ClF5N5O3. The van der Waals surface area contributed by atoms with E-state index in [-0.39, 0.29) is 42.7 Å². The van der Waals surface area contributed by atoms with E-state index in [1.54, 1.807) is 0 Å². The maximum atomic E-state index is 13.5. The van der Waals surface area contributed by atoms with Gasteiger partial charge in [0.15, 0.2) is 0 Å². The minimum absolute atomic E-state index is 0.100. The second kappa shape index (κ2) is 11.9. The minimum atomic E-state index is -2.97. The summed E-state index contributed by atoms with van der Waals surface area (Å²) in [4.78, 5) is 22.4. The van der Waals surface area contributed by atoms with Gasteiger partial charge in [-0.25, -0.2) is 23.1 Å². The van der Waals surface area contributed by atoms with Gasteiger partial charge in [0.2, 0.25) is 5.91 Å². The summed E-state index contributed by atoms with van der Waals surface area (Å²) in [6.07, 6.45) is 3.89. The zero-order valence-electron chi connectivity index (χ0n) is 19.6. The molecule has 1 aliphatic rings. The Balaban J connectivity index is 1.56. The highest BCUT2D eigenvalue weighted by molar-refractivity contribution is 6.31. The Labute approximate surface area is 218 Å². The Bertz CT molecular complexity index is 1340. The number of nitrogens with zero attached hydrogens (tertiary/aromatic N) is 3. The van der Waals surface area contributed by atoms with Gasteiger partial charge in [0.05, 0.1) is 35.9 Å². The smallest absolute Gasteiger partial charge is 0.345 e. The van der Waals surface area contributed by atoms with Crippen molar-refractivity contribution in [1.82, 2.24) is 14.9 Å². The number of hydrogen-bond donors (Lipinski definition) is 2. The first-order valence-corrected chi connectivity index (χ1v) is 11.6. The van der Waals surface area contributed by atoms with Crippen LogP contribution in [0.1, 0.15) is 0 Å². The van der Waals surface area contributed by atoms with Crippen LogP contribution in [0.5, 0.6) is 5.75 Å². The molecule has 2 N–H and O–H groups in total. The highest BCUT2D eigenvalue weighted by atomic mass is 35.5. The zero-order chi connectivity index (χ0) is 27.3. The summed E-state index contributed by atoms with van der Waals surface area (Å²) >= 11 is 5.85. The van der Waals surface area contributed by atoms with E-state index < -0.39 is 30.9 Å². The number of alkyl halides is 4. The van der Waals surface area contributed by atoms with E-state index in [2.05, 4.69) is 25.3 Å². The number of fused-ring (bicyclic) bond motifs is 1. The molecule has 14 heteroatoms. The van der Waals surface area contributed by atoms with Crippen molar-refractivity contribution in [1.29, 1.82) is 0 Å². The van der Waals surface area contributed by atoms with Gasteiger partial charge in [-0.15, -0.1) is 0 Å². The molecule has 1 amide bonds. The molecule has 1 aliphatic heterocycles. The van der Waals surface area contributed by atoms with Gasteiger partial charge in [0.25, 0.3) is 5.92 Å². The summed E-state index contributed by atoms with van der Waals surface area (Å²) in [6, 6.07) is 6.99. The van der Waals surface area contributed by atoms with Crippen LogP contribution in [0.15, 0.2) is 48.8 Å². The third kappa shape index (κ3) is 7.27. The minimum Gasteiger partial charge on any atom is -0.489 e. The average Bonchev–Trinajstić information content (AvgIpc) is 2.83. The van der Waals surface area contributed by atoms with Crippen molar-refractivity contribution < 1.29 is 36.2 Å². The number of rotatable bonds is 11. The predicted molar refractivity (Wildman–Crippen MR) is 131 cm³/mol. The lowest BCUT2D eigenvalue weighted by molar-refractivity contribution is -0.133. The highest BCUT2D eigenvalue weighted by Crippen LogP contribution is 2.34. The molecule has 1 saturated heterocycles. The number of hydrogen-bond acceptors (Lipinski definition) is 7. The van der Waals surface area contributed by atoms with Gasteiger partial charge >= 0.3 is 6.61 Å². The first-order valence-electron chi connectivity index (χ1n) is 11.2. The van der Waals surface area contributed by atoms with Crippen molar-refractivity contribution in [2.45, 2.75) is 12.5 Å². The van der Waals surface area contributed by atoms with Crippen molar-refractivity contribution in [3.05, 3.63) is 59.7 Å². The van der Waals surface area contributed by atoms with Crippen molar-refractivity contribution in [3.8, 4) is 5.75 Å². The second-order valence-electron chi connectivity index (χ2n) is 8.24. The Morgan fingerprint density at radius 2 is 1.97 bits per heavy atom. The molecule has 1 fully saturated rings.